The van der Waals surface area contributed by atoms with Crippen molar-refractivity contribution in [3.8, 4) is 0 Å². The van der Waals surface area contributed by atoms with Gasteiger partial charge < -0.3 is 14.6 Å². The largest absolute Gasteiger partial charge is 0.481 e. The van der Waals surface area contributed by atoms with Crippen LogP contribution in [-0.2, 0) is 24.3 Å². The molecule has 0 radical (unpaired) electrons. The Balaban J connectivity index is 2.98. The van der Waals surface area contributed by atoms with Gasteiger partial charge in [0, 0.05) is 13.0 Å². The van der Waals surface area contributed by atoms with Crippen molar-refractivity contribution in [3.05, 3.63) is 16.0 Å². The van der Waals surface area contributed by atoms with Gasteiger partial charge in [0.25, 0.3) is 10.0 Å². The summed E-state index contributed by atoms with van der Waals surface area (Å²) in [5, 5.41) is 8.56. The van der Waals surface area contributed by atoms with Gasteiger partial charge in [-0.25, -0.2) is 22.7 Å². The Bertz CT molecular complexity index is 782. The summed E-state index contributed by atoms with van der Waals surface area (Å²) in [5.41, 5.74) is -0.0215. The number of aliphatic carboxylic acids is 1. The van der Waals surface area contributed by atoms with E-state index in [1.54, 1.807) is 0 Å². The van der Waals surface area contributed by atoms with Crippen LogP contribution in [0.3, 0.4) is 0 Å². The number of carbonyl (C=O) groups excluding carboxylic acids is 2. The molecule has 2 N–H and O–H groups in total. The first kappa shape index (κ1) is 22.1. The number of carboxylic acids is 1. The molecule has 0 spiro atoms. The fourth-order valence-electron chi connectivity index (χ4n) is 2.15. The van der Waals surface area contributed by atoms with Crippen molar-refractivity contribution < 1.29 is 37.4 Å². The summed E-state index contributed by atoms with van der Waals surface area (Å²) in [6.45, 7) is 1.52. The Kier molecular flexibility index (Phi) is 8.18. The maximum absolute atomic E-state index is 12.5. The highest BCUT2D eigenvalue weighted by atomic mass is 32.2. The summed E-state index contributed by atoms with van der Waals surface area (Å²) in [7, 11) is -1.78. The molecule has 1 rings (SSSR count). The number of hydrogen-bond acceptors (Lipinski definition) is 8. The second-order valence-electron chi connectivity index (χ2n) is 5.30. The van der Waals surface area contributed by atoms with Crippen LogP contribution >= 0.6 is 11.3 Å². The standard InChI is InChI=1S/C15H21NO8S2/c1-9-11(13(19)23-2)15(25-12(9)14(20)24-3)26(21,22)16-8-6-4-5-7-10(17)18/h16H,4-8H2,1-3H3,(H,17,18). The Hall–Kier alpha value is -1.98. The van der Waals surface area contributed by atoms with Crippen molar-refractivity contribution in [3.63, 3.8) is 0 Å². The molecule has 0 unspecified atom stereocenters. The van der Waals surface area contributed by atoms with Crippen LogP contribution in [0.25, 0.3) is 0 Å². The van der Waals surface area contributed by atoms with Crippen molar-refractivity contribution in [2.45, 2.75) is 36.8 Å². The lowest BCUT2D eigenvalue weighted by molar-refractivity contribution is -0.137. The van der Waals surface area contributed by atoms with E-state index in [0.29, 0.717) is 30.6 Å². The predicted octanol–water partition coefficient (Wildman–Crippen LogP) is 1.55. The Morgan fingerprint density at radius 1 is 1.08 bits per heavy atom. The third-order valence-corrected chi connectivity index (χ3v) is 6.73. The number of esters is 2. The van der Waals surface area contributed by atoms with E-state index >= 15 is 0 Å². The number of hydrogen-bond donors (Lipinski definition) is 2. The van der Waals surface area contributed by atoms with Gasteiger partial charge in [-0.1, -0.05) is 6.42 Å². The molecular formula is C15H21NO8S2. The molecule has 0 aromatic carbocycles. The van der Waals surface area contributed by atoms with Crippen molar-refractivity contribution in [1.29, 1.82) is 0 Å². The maximum Gasteiger partial charge on any atom is 0.348 e. The topological polar surface area (TPSA) is 136 Å². The van der Waals surface area contributed by atoms with Gasteiger partial charge in [0.05, 0.1) is 19.8 Å². The molecule has 1 aromatic rings. The number of carboxylic acid groups (broad SMARTS) is 1. The van der Waals surface area contributed by atoms with Gasteiger partial charge >= 0.3 is 17.9 Å². The number of unbranched alkanes of at least 4 members (excludes halogenated alkanes) is 2. The van der Waals surface area contributed by atoms with Crippen LogP contribution in [0.5, 0.6) is 0 Å². The smallest absolute Gasteiger partial charge is 0.348 e. The van der Waals surface area contributed by atoms with Gasteiger partial charge in [0.2, 0.25) is 0 Å². The van der Waals surface area contributed by atoms with Crippen LogP contribution < -0.4 is 4.72 Å². The molecule has 0 aliphatic rings. The zero-order valence-corrected chi connectivity index (χ0v) is 16.3. The Morgan fingerprint density at radius 3 is 2.23 bits per heavy atom. The summed E-state index contributed by atoms with van der Waals surface area (Å²) in [5.74, 6) is -2.51. The number of thiophene rings is 1. The minimum Gasteiger partial charge on any atom is -0.481 e. The molecule has 0 aliphatic heterocycles. The molecule has 1 heterocycles. The number of carbonyl (C=O) groups is 3. The lowest BCUT2D eigenvalue weighted by Crippen LogP contribution is -2.25. The van der Waals surface area contributed by atoms with Gasteiger partial charge in [-0.2, -0.15) is 0 Å². The van der Waals surface area contributed by atoms with Crippen molar-refractivity contribution in [2.75, 3.05) is 20.8 Å². The minimum atomic E-state index is -4.05. The third kappa shape index (κ3) is 5.51. The molecule has 11 heteroatoms. The molecule has 0 fully saturated rings. The first-order chi connectivity index (χ1) is 12.2. The van der Waals surface area contributed by atoms with E-state index in [-0.39, 0.29) is 33.2 Å². The van der Waals surface area contributed by atoms with E-state index in [0.717, 1.165) is 14.2 Å². The summed E-state index contributed by atoms with van der Waals surface area (Å²) in [6, 6.07) is 0. The van der Waals surface area contributed by atoms with E-state index in [1.807, 2.05) is 0 Å². The molecule has 0 aliphatic carbocycles. The monoisotopic (exact) mass is 407 g/mol. The van der Waals surface area contributed by atoms with Crippen LogP contribution in [0, 0.1) is 6.92 Å². The van der Waals surface area contributed by atoms with Crippen LogP contribution in [0.2, 0.25) is 0 Å². The fraction of sp³-hybridized carbons (Fsp3) is 0.533. The number of rotatable bonds is 10. The van der Waals surface area contributed by atoms with Gasteiger partial charge in [0.1, 0.15) is 4.88 Å². The first-order valence-corrected chi connectivity index (χ1v) is 9.97. The predicted molar refractivity (Wildman–Crippen MR) is 93.0 cm³/mol. The van der Waals surface area contributed by atoms with Crippen LogP contribution in [0.15, 0.2) is 4.21 Å². The quantitative estimate of drug-likeness (QED) is 0.440. The Labute approximate surface area is 155 Å². The highest BCUT2D eigenvalue weighted by Gasteiger charge is 2.32. The van der Waals surface area contributed by atoms with Gasteiger partial charge in [0.15, 0.2) is 4.21 Å². The third-order valence-electron chi connectivity index (χ3n) is 3.48. The molecule has 1 aromatic heterocycles. The zero-order chi connectivity index (χ0) is 19.9. The Morgan fingerprint density at radius 2 is 1.69 bits per heavy atom. The van der Waals surface area contributed by atoms with Crippen LogP contribution in [-0.4, -0.2) is 52.2 Å². The van der Waals surface area contributed by atoms with Crippen molar-refractivity contribution >= 4 is 39.3 Å². The normalized spacial score (nSPS) is 11.2. The highest BCUT2D eigenvalue weighted by Crippen LogP contribution is 2.33. The minimum absolute atomic E-state index is 0.00901. The molecule has 0 saturated heterocycles. The number of nitrogens with one attached hydrogen (secondary N) is 1. The highest BCUT2D eigenvalue weighted by molar-refractivity contribution is 7.91. The fourth-order valence-corrected chi connectivity index (χ4v) is 5.01. The van der Waals surface area contributed by atoms with Crippen molar-refractivity contribution in [1.82, 2.24) is 4.72 Å². The van der Waals surface area contributed by atoms with E-state index in [9.17, 15) is 22.8 Å². The molecule has 0 bridgehead atoms. The van der Waals surface area contributed by atoms with E-state index in [1.165, 1.54) is 6.92 Å². The molecule has 0 saturated carbocycles. The van der Waals surface area contributed by atoms with E-state index in [4.69, 9.17) is 5.11 Å². The molecule has 26 heavy (non-hydrogen) atoms. The summed E-state index contributed by atoms with van der Waals surface area (Å²) in [6.07, 6.45) is 1.44. The number of ether oxygens (including phenoxy) is 2. The molecule has 9 nitrogen and oxygen atoms in total. The van der Waals surface area contributed by atoms with E-state index in [2.05, 4.69) is 14.2 Å². The number of methoxy groups -OCH3 is 2. The molecule has 0 atom stereocenters. The number of sulfonamides is 1. The summed E-state index contributed by atoms with van der Waals surface area (Å²) in [4.78, 5) is 34.2. The SMILES string of the molecule is COC(=O)c1sc(S(=O)(=O)NCCCCCC(=O)O)c(C(=O)OC)c1C. The first-order valence-electron chi connectivity index (χ1n) is 7.67. The molecule has 146 valence electrons. The lowest BCUT2D eigenvalue weighted by atomic mass is 10.2. The zero-order valence-electron chi connectivity index (χ0n) is 14.7. The lowest BCUT2D eigenvalue weighted by Gasteiger charge is -2.07. The average molecular weight is 407 g/mol. The van der Waals surface area contributed by atoms with Crippen LogP contribution in [0.1, 0.15) is 51.3 Å². The summed E-state index contributed by atoms with van der Waals surface area (Å²) >= 11 is 0.638. The van der Waals surface area contributed by atoms with Gasteiger partial charge in [-0.3, -0.25) is 4.79 Å². The molecular weight excluding hydrogens is 386 g/mol. The molecule has 0 amide bonds. The van der Waals surface area contributed by atoms with Crippen LogP contribution in [0.4, 0.5) is 0 Å². The second-order valence-corrected chi connectivity index (χ2v) is 8.29. The maximum atomic E-state index is 12.5. The van der Waals surface area contributed by atoms with Gasteiger partial charge in [-0.05, 0) is 25.3 Å². The summed E-state index contributed by atoms with van der Waals surface area (Å²) < 4.78 is 36.4. The van der Waals surface area contributed by atoms with Gasteiger partial charge in [-0.15, -0.1) is 11.3 Å². The van der Waals surface area contributed by atoms with E-state index < -0.39 is 27.9 Å². The van der Waals surface area contributed by atoms with Crippen molar-refractivity contribution in [2.24, 2.45) is 0 Å². The second kappa shape index (κ2) is 9.64. The average Bonchev–Trinajstić information content (AvgIpc) is 2.94.